The summed E-state index contributed by atoms with van der Waals surface area (Å²) in [4.78, 5) is 1.14. The van der Waals surface area contributed by atoms with Crippen LogP contribution in [0.1, 0.15) is 29.0 Å². The molecule has 2 aromatic rings. The van der Waals surface area contributed by atoms with Crippen molar-refractivity contribution >= 4 is 11.3 Å². The van der Waals surface area contributed by atoms with Crippen LogP contribution in [-0.2, 0) is 0 Å². The molecule has 0 fully saturated rings. The molecule has 0 saturated carbocycles. The Kier molecular flexibility index (Phi) is 4.09. The smallest absolute Gasteiger partial charge is 0.131 e. The van der Waals surface area contributed by atoms with Crippen molar-refractivity contribution in [2.45, 2.75) is 19.9 Å². The van der Waals surface area contributed by atoms with Crippen molar-refractivity contribution in [1.82, 2.24) is 5.32 Å². The first-order chi connectivity index (χ1) is 8.63. The minimum absolute atomic E-state index is 0.221. The van der Waals surface area contributed by atoms with E-state index < -0.39 is 11.6 Å². The van der Waals surface area contributed by atoms with Crippen molar-refractivity contribution < 1.29 is 8.78 Å². The highest BCUT2D eigenvalue weighted by Gasteiger charge is 2.19. The molecule has 0 bridgehead atoms. The fraction of sp³-hybridized carbons (Fsp3) is 0.286. The molecule has 0 aliphatic carbocycles. The molecule has 96 valence electrons. The Morgan fingerprint density at radius 1 is 1.22 bits per heavy atom. The lowest BCUT2D eigenvalue weighted by atomic mass is 9.99. The van der Waals surface area contributed by atoms with E-state index in [1.807, 2.05) is 25.3 Å². The molecule has 0 saturated heterocycles. The van der Waals surface area contributed by atoms with E-state index in [-0.39, 0.29) is 6.04 Å². The lowest BCUT2D eigenvalue weighted by molar-refractivity contribution is 0.541. The van der Waals surface area contributed by atoms with Gasteiger partial charge in [0.15, 0.2) is 0 Å². The Hall–Kier alpha value is -1.26. The summed E-state index contributed by atoms with van der Waals surface area (Å²) in [5, 5.41) is 5.23. The molecule has 0 aliphatic rings. The van der Waals surface area contributed by atoms with E-state index >= 15 is 0 Å². The van der Waals surface area contributed by atoms with Crippen molar-refractivity contribution in [1.29, 1.82) is 0 Å². The van der Waals surface area contributed by atoms with Gasteiger partial charge in [0.05, 0.1) is 6.04 Å². The van der Waals surface area contributed by atoms with Crippen LogP contribution in [0.5, 0.6) is 0 Å². The van der Waals surface area contributed by atoms with Crippen molar-refractivity contribution in [2.24, 2.45) is 0 Å². The van der Waals surface area contributed by atoms with Gasteiger partial charge in [-0.3, -0.25) is 0 Å². The zero-order chi connectivity index (χ0) is 13.1. The van der Waals surface area contributed by atoms with Gasteiger partial charge >= 0.3 is 0 Å². The fourth-order valence-electron chi connectivity index (χ4n) is 2.02. The van der Waals surface area contributed by atoms with E-state index in [0.29, 0.717) is 5.56 Å². The average Bonchev–Trinajstić information content (AvgIpc) is 2.73. The number of benzene rings is 1. The van der Waals surface area contributed by atoms with Gasteiger partial charge in [0.25, 0.3) is 0 Å². The monoisotopic (exact) mass is 267 g/mol. The van der Waals surface area contributed by atoms with Crippen LogP contribution >= 0.6 is 11.3 Å². The van der Waals surface area contributed by atoms with E-state index in [1.165, 1.54) is 12.1 Å². The Morgan fingerprint density at radius 2 is 2.00 bits per heavy atom. The van der Waals surface area contributed by atoms with Crippen LogP contribution < -0.4 is 5.32 Å². The molecule has 1 N–H and O–H groups in total. The number of rotatable bonds is 4. The molecule has 1 aromatic heterocycles. The van der Waals surface area contributed by atoms with Crippen LogP contribution in [0.4, 0.5) is 8.78 Å². The predicted molar refractivity (Wildman–Crippen MR) is 70.9 cm³/mol. The quantitative estimate of drug-likeness (QED) is 0.881. The molecule has 0 spiro atoms. The number of nitrogens with one attached hydrogen (secondary N) is 1. The Morgan fingerprint density at radius 3 is 2.56 bits per heavy atom. The third-order valence-electron chi connectivity index (χ3n) is 2.89. The minimum atomic E-state index is -0.548. The van der Waals surface area contributed by atoms with E-state index in [4.69, 9.17) is 0 Å². The first-order valence-electron chi connectivity index (χ1n) is 5.85. The van der Waals surface area contributed by atoms with Crippen LogP contribution in [0.3, 0.4) is 0 Å². The third kappa shape index (κ3) is 2.60. The summed E-state index contributed by atoms with van der Waals surface area (Å²) < 4.78 is 26.8. The molecule has 1 aromatic carbocycles. The summed E-state index contributed by atoms with van der Waals surface area (Å²) in [6, 6.07) is 5.50. The standard InChI is InChI=1S/C14H15F2NS/c1-3-17-14(11-6-7-18-9(11)2)12-5-4-10(15)8-13(12)16/h4-8,14,17H,3H2,1-2H3. The van der Waals surface area contributed by atoms with Gasteiger partial charge in [-0.15, -0.1) is 11.3 Å². The summed E-state index contributed by atoms with van der Waals surface area (Å²) in [6.45, 7) is 4.69. The number of aryl methyl sites for hydroxylation is 1. The maximum atomic E-state index is 13.9. The van der Waals surface area contributed by atoms with Crippen molar-refractivity contribution in [3.63, 3.8) is 0 Å². The normalized spacial score (nSPS) is 12.7. The highest BCUT2D eigenvalue weighted by Crippen LogP contribution is 2.29. The first-order valence-corrected chi connectivity index (χ1v) is 6.73. The van der Waals surface area contributed by atoms with E-state index in [9.17, 15) is 8.78 Å². The van der Waals surface area contributed by atoms with Gasteiger partial charge in [-0.1, -0.05) is 13.0 Å². The topological polar surface area (TPSA) is 12.0 Å². The lowest BCUT2D eigenvalue weighted by Crippen LogP contribution is -2.23. The summed E-state index contributed by atoms with van der Waals surface area (Å²) >= 11 is 1.63. The highest BCUT2D eigenvalue weighted by atomic mass is 32.1. The Balaban J connectivity index is 2.45. The molecule has 0 amide bonds. The number of thiophene rings is 1. The summed E-state index contributed by atoms with van der Waals surface area (Å²) in [5.41, 5.74) is 1.53. The molecule has 18 heavy (non-hydrogen) atoms. The molecule has 4 heteroatoms. The van der Waals surface area contributed by atoms with Crippen LogP contribution in [-0.4, -0.2) is 6.54 Å². The number of hydrogen-bond donors (Lipinski definition) is 1. The molecule has 0 radical (unpaired) electrons. The molecule has 1 atom stereocenters. The van der Waals surface area contributed by atoms with Gasteiger partial charge < -0.3 is 5.32 Å². The van der Waals surface area contributed by atoms with Gasteiger partial charge in [0.2, 0.25) is 0 Å². The molecular weight excluding hydrogens is 252 g/mol. The SMILES string of the molecule is CCNC(c1ccc(F)cc1F)c1ccsc1C. The second-order valence-corrected chi connectivity index (χ2v) is 5.21. The maximum absolute atomic E-state index is 13.9. The van der Waals surface area contributed by atoms with Gasteiger partial charge in [-0.05, 0) is 36.5 Å². The van der Waals surface area contributed by atoms with Crippen LogP contribution in [0, 0.1) is 18.6 Å². The van der Waals surface area contributed by atoms with Crippen LogP contribution in [0.25, 0.3) is 0 Å². The van der Waals surface area contributed by atoms with E-state index in [1.54, 1.807) is 11.3 Å². The lowest BCUT2D eigenvalue weighted by Gasteiger charge is -2.19. The highest BCUT2D eigenvalue weighted by molar-refractivity contribution is 7.10. The molecule has 0 aliphatic heterocycles. The van der Waals surface area contributed by atoms with E-state index in [2.05, 4.69) is 5.32 Å². The van der Waals surface area contributed by atoms with Crippen molar-refractivity contribution in [3.05, 3.63) is 57.3 Å². The average molecular weight is 267 g/mol. The van der Waals surface area contributed by atoms with Gasteiger partial charge in [-0.25, -0.2) is 8.78 Å². The van der Waals surface area contributed by atoms with Crippen LogP contribution in [0.2, 0.25) is 0 Å². The first kappa shape index (κ1) is 13.2. The largest absolute Gasteiger partial charge is 0.306 e. The molecule has 1 heterocycles. The zero-order valence-corrected chi connectivity index (χ0v) is 11.2. The Labute approximate surface area is 109 Å². The number of hydrogen-bond acceptors (Lipinski definition) is 2. The summed E-state index contributed by atoms with van der Waals surface area (Å²) in [6.07, 6.45) is 0. The fourth-order valence-corrected chi connectivity index (χ4v) is 2.76. The molecular formula is C14H15F2NS. The predicted octanol–water partition coefficient (Wildman–Crippen LogP) is 4.03. The van der Waals surface area contributed by atoms with Crippen LogP contribution in [0.15, 0.2) is 29.6 Å². The number of halogens is 2. The third-order valence-corrected chi connectivity index (χ3v) is 3.75. The maximum Gasteiger partial charge on any atom is 0.131 e. The van der Waals surface area contributed by atoms with Crippen molar-refractivity contribution in [3.8, 4) is 0 Å². The summed E-state index contributed by atoms with van der Waals surface area (Å²) in [5.74, 6) is -1.06. The second-order valence-electron chi connectivity index (χ2n) is 4.09. The van der Waals surface area contributed by atoms with Gasteiger partial charge in [-0.2, -0.15) is 0 Å². The minimum Gasteiger partial charge on any atom is -0.306 e. The van der Waals surface area contributed by atoms with Gasteiger partial charge in [0.1, 0.15) is 11.6 Å². The zero-order valence-electron chi connectivity index (χ0n) is 10.3. The Bertz CT molecular complexity index is 536. The van der Waals surface area contributed by atoms with Gasteiger partial charge in [0, 0.05) is 16.5 Å². The van der Waals surface area contributed by atoms with Crippen molar-refractivity contribution in [2.75, 3.05) is 6.54 Å². The molecule has 1 unspecified atom stereocenters. The second kappa shape index (κ2) is 5.59. The molecule has 1 nitrogen and oxygen atoms in total. The summed E-state index contributed by atoms with van der Waals surface area (Å²) in [7, 11) is 0. The van der Waals surface area contributed by atoms with E-state index in [0.717, 1.165) is 23.1 Å². The molecule has 2 rings (SSSR count).